The van der Waals surface area contributed by atoms with Gasteiger partial charge in [0.2, 0.25) is 0 Å². The molecular weight excluding hydrogens is 230 g/mol. The van der Waals surface area contributed by atoms with Gasteiger partial charge in [0, 0.05) is 25.0 Å². The monoisotopic (exact) mass is 251 g/mol. The molecule has 0 bridgehead atoms. The summed E-state index contributed by atoms with van der Waals surface area (Å²) in [7, 11) is 0. The Hall–Kier alpha value is -0.870. The Kier molecular flexibility index (Phi) is 3.84. The Morgan fingerprint density at radius 2 is 2.12 bits per heavy atom. The summed E-state index contributed by atoms with van der Waals surface area (Å²) in [5, 5.41) is 0. The van der Waals surface area contributed by atoms with Crippen molar-refractivity contribution in [3.8, 4) is 0 Å². The lowest BCUT2D eigenvalue weighted by atomic mass is 9.90. The Labute approximate surface area is 108 Å². The van der Waals surface area contributed by atoms with E-state index < -0.39 is 0 Å². The largest absolute Gasteiger partial charge is 0.392 e. The van der Waals surface area contributed by atoms with Gasteiger partial charge in [-0.3, -0.25) is 4.90 Å². The Balaban J connectivity index is 2.19. The minimum Gasteiger partial charge on any atom is -0.392 e. The first-order chi connectivity index (χ1) is 8.08. The van der Waals surface area contributed by atoms with Gasteiger partial charge < -0.3 is 10.7 Å². The highest BCUT2D eigenvalue weighted by Gasteiger charge is 2.30. The van der Waals surface area contributed by atoms with E-state index in [1.807, 2.05) is 12.3 Å². The molecule has 0 saturated carbocycles. The Morgan fingerprint density at radius 1 is 1.47 bits per heavy atom. The Morgan fingerprint density at radius 3 is 2.59 bits per heavy atom. The minimum atomic E-state index is 0.0604. The molecule has 3 nitrogen and oxygen atoms in total. The molecule has 17 heavy (non-hydrogen) atoms. The topological polar surface area (TPSA) is 45.0 Å². The SMILES string of the molecule is CC1CC(C)CN(C(C(N)=S)c2ccc[nH]2)C1. The average Bonchev–Trinajstić information content (AvgIpc) is 2.68. The predicted octanol–water partition coefficient (Wildman–Crippen LogP) is 2.32. The smallest absolute Gasteiger partial charge is 0.101 e. The van der Waals surface area contributed by atoms with E-state index in [4.69, 9.17) is 18.0 Å². The van der Waals surface area contributed by atoms with E-state index >= 15 is 0 Å². The predicted molar refractivity (Wildman–Crippen MR) is 74.8 cm³/mol. The molecule has 3 unspecified atom stereocenters. The lowest BCUT2D eigenvalue weighted by Gasteiger charge is -2.39. The van der Waals surface area contributed by atoms with Gasteiger partial charge in [0.25, 0.3) is 0 Å². The number of hydrogen-bond donors (Lipinski definition) is 2. The third-order valence-electron chi connectivity index (χ3n) is 3.45. The van der Waals surface area contributed by atoms with Crippen LogP contribution in [0.1, 0.15) is 32.0 Å². The minimum absolute atomic E-state index is 0.0604. The van der Waals surface area contributed by atoms with Gasteiger partial charge in [-0.05, 0) is 30.4 Å². The summed E-state index contributed by atoms with van der Waals surface area (Å²) in [5.41, 5.74) is 7.03. The number of nitrogens with zero attached hydrogens (tertiary/aromatic N) is 1. The van der Waals surface area contributed by atoms with Gasteiger partial charge in [0.1, 0.15) is 6.04 Å². The highest BCUT2D eigenvalue weighted by molar-refractivity contribution is 7.80. The number of rotatable bonds is 3. The van der Waals surface area contributed by atoms with E-state index in [2.05, 4.69) is 29.8 Å². The van der Waals surface area contributed by atoms with Crippen molar-refractivity contribution in [3.63, 3.8) is 0 Å². The third kappa shape index (κ3) is 2.87. The van der Waals surface area contributed by atoms with Crippen molar-refractivity contribution in [2.75, 3.05) is 13.1 Å². The van der Waals surface area contributed by atoms with E-state index in [1.54, 1.807) is 0 Å². The summed E-state index contributed by atoms with van der Waals surface area (Å²) in [6.45, 7) is 6.75. The highest BCUT2D eigenvalue weighted by Crippen LogP contribution is 2.28. The van der Waals surface area contributed by atoms with Crippen LogP contribution in [0.3, 0.4) is 0 Å². The van der Waals surface area contributed by atoms with Gasteiger partial charge in [-0.1, -0.05) is 26.1 Å². The van der Waals surface area contributed by atoms with Crippen LogP contribution < -0.4 is 5.73 Å². The molecule has 1 aromatic rings. The molecule has 3 atom stereocenters. The van der Waals surface area contributed by atoms with Crippen LogP contribution in [0.25, 0.3) is 0 Å². The third-order valence-corrected chi connectivity index (χ3v) is 3.67. The van der Waals surface area contributed by atoms with E-state index in [9.17, 15) is 0 Å². The molecule has 1 aromatic heterocycles. The first-order valence-electron chi connectivity index (χ1n) is 6.24. The van der Waals surface area contributed by atoms with Crippen LogP contribution in [-0.2, 0) is 0 Å². The number of H-pyrrole nitrogens is 1. The summed E-state index contributed by atoms with van der Waals surface area (Å²) in [6.07, 6.45) is 3.22. The molecule has 0 aromatic carbocycles. The first kappa shape index (κ1) is 12.6. The van der Waals surface area contributed by atoms with E-state index in [0.29, 0.717) is 16.8 Å². The molecular formula is C13H21N3S. The van der Waals surface area contributed by atoms with Gasteiger partial charge in [-0.15, -0.1) is 0 Å². The first-order valence-corrected chi connectivity index (χ1v) is 6.65. The number of nitrogens with two attached hydrogens (primary N) is 1. The molecule has 0 spiro atoms. The maximum Gasteiger partial charge on any atom is 0.101 e. The normalized spacial score (nSPS) is 27.9. The molecule has 2 heterocycles. The van der Waals surface area contributed by atoms with Crippen molar-refractivity contribution in [2.24, 2.45) is 17.6 Å². The zero-order valence-corrected chi connectivity index (χ0v) is 11.3. The van der Waals surface area contributed by atoms with Gasteiger partial charge in [0.05, 0.1) is 4.99 Å². The van der Waals surface area contributed by atoms with E-state index in [-0.39, 0.29) is 6.04 Å². The average molecular weight is 251 g/mol. The van der Waals surface area contributed by atoms with Crippen LogP contribution >= 0.6 is 12.2 Å². The van der Waals surface area contributed by atoms with Crippen molar-refractivity contribution in [1.82, 2.24) is 9.88 Å². The maximum absolute atomic E-state index is 5.92. The molecule has 94 valence electrons. The van der Waals surface area contributed by atoms with E-state index in [1.165, 1.54) is 6.42 Å². The van der Waals surface area contributed by atoms with Gasteiger partial charge in [0.15, 0.2) is 0 Å². The van der Waals surface area contributed by atoms with Crippen LogP contribution in [0, 0.1) is 11.8 Å². The number of piperidine rings is 1. The van der Waals surface area contributed by atoms with Crippen LogP contribution in [0.15, 0.2) is 18.3 Å². The summed E-state index contributed by atoms with van der Waals surface area (Å²) < 4.78 is 0. The second-order valence-corrected chi connectivity index (χ2v) is 5.80. The van der Waals surface area contributed by atoms with Crippen molar-refractivity contribution in [1.29, 1.82) is 0 Å². The summed E-state index contributed by atoms with van der Waals surface area (Å²) in [6, 6.07) is 4.12. The second-order valence-electron chi connectivity index (χ2n) is 5.33. The second kappa shape index (κ2) is 5.19. The zero-order valence-electron chi connectivity index (χ0n) is 10.5. The molecule has 0 radical (unpaired) electrons. The molecule has 2 rings (SSSR count). The number of aromatic nitrogens is 1. The number of thiocarbonyl (C=S) groups is 1. The molecule has 0 amide bonds. The molecule has 1 aliphatic heterocycles. The molecule has 3 N–H and O–H groups in total. The van der Waals surface area contributed by atoms with E-state index in [0.717, 1.165) is 18.8 Å². The number of nitrogens with one attached hydrogen (secondary N) is 1. The molecule has 4 heteroatoms. The van der Waals surface area contributed by atoms with Crippen LogP contribution in [0.2, 0.25) is 0 Å². The maximum atomic E-state index is 5.92. The standard InChI is InChI=1S/C13H21N3S/c1-9-6-10(2)8-16(7-9)12(13(14)17)11-4-3-5-15-11/h3-5,9-10,12,15H,6-8H2,1-2H3,(H2,14,17). The lowest BCUT2D eigenvalue weighted by Crippen LogP contribution is -2.45. The fraction of sp³-hybridized carbons (Fsp3) is 0.615. The molecule has 1 saturated heterocycles. The lowest BCUT2D eigenvalue weighted by molar-refractivity contribution is 0.121. The molecule has 0 aliphatic carbocycles. The zero-order chi connectivity index (χ0) is 12.4. The van der Waals surface area contributed by atoms with Gasteiger partial charge in [-0.2, -0.15) is 0 Å². The fourth-order valence-corrected chi connectivity index (χ4v) is 3.24. The van der Waals surface area contributed by atoms with Crippen molar-refractivity contribution < 1.29 is 0 Å². The van der Waals surface area contributed by atoms with Crippen LogP contribution in [0.5, 0.6) is 0 Å². The van der Waals surface area contributed by atoms with Crippen molar-refractivity contribution >= 4 is 17.2 Å². The number of aromatic amines is 1. The van der Waals surface area contributed by atoms with Crippen molar-refractivity contribution in [3.05, 3.63) is 24.0 Å². The highest BCUT2D eigenvalue weighted by atomic mass is 32.1. The van der Waals surface area contributed by atoms with Crippen molar-refractivity contribution in [2.45, 2.75) is 26.3 Å². The fourth-order valence-electron chi connectivity index (χ4n) is 2.97. The quantitative estimate of drug-likeness (QED) is 0.810. The summed E-state index contributed by atoms with van der Waals surface area (Å²) >= 11 is 5.24. The van der Waals surface area contributed by atoms with Gasteiger partial charge >= 0.3 is 0 Å². The number of hydrogen-bond acceptors (Lipinski definition) is 2. The molecule has 1 aliphatic rings. The van der Waals surface area contributed by atoms with Crippen LogP contribution in [0.4, 0.5) is 0 Å². The van der Waals surface area contributed by atoms with Gasteiger partial charge in [-0.25, -0.2) is 0 Å². The number of likely N-dealkylation sites (tertiary alicyclic amines) is 1. The Bertz CT molecular complexity index is 364. The summed E-state index contributed by atoms with van der Waals surface area (Å²) in [5.74, 6) is 1.43. The van der Waals surface area contributed by atoms with Crippen LogP contribution in [-0.4, -0.2) is 28.0 Å². The molecule has 1 fully saturated rings. The summed E-state index contributed by atoms with van der Waals surface area (Å²) in [4.78, 5) is 6.21.